The van der Waals surface area contributed by atoms with Crippen molar-refractivity contribution in [2.75, 3.05) is 11.9 Å². The first-order chi connectivity index (χ1) is 9.97. The largest absolute Gasteiger partial charge is 0.374 e. The molecule has 0 fully saturated rings. The smallest absolute Gasteiger partial charge is 0.231 e. The second kappa shape index (κ2) is 8.15. The topological polar surface area (TPSA) is 64.4 Å². The number of amides is 1. The Labute approximate surface area is 128 Å². The molecule has 0 aliphatic carbocycles. The van der Waals surface area contributed by atoms with Crippen molar-refractivity contribution in [1.82, 2.24) is 0 Å². The summed E-state index contributed by atoms with van der Waals surface area (Å²) in [6.45, 7) is 8.98. The van der Waals surface area contributed by atoms with Crippen molar-refractivity contribution in [1.29, 1.82) is 0 Å². The molecule has 4 heteroatoms. The monoisotopic (exact) mass is 292 g/mol. The highest BCUT2D eigenvalue weighted by atomic mass is 16.5. The summed E-state index contributed by atoms with van der Waals surface area (Å²) in [4.78, 5) is 12.4. The van der Waals surface area contributed by atoms with Gasteiger partial charge in [0, 0.05) is 12.2 Å². The van der Waals surface area contributed by atoms with Crippen LogP contribution >= 0.6 is 0 Å². The maximum absolute atomic E-state index is 12.4. The maximum atomic E-state index is 12.4. The lowest BCUT2D eigenvalue weighted by Gasteiger charge is -2.28. The van der Waals surface area contributed by atoms with Crippen molar-refractivity contribution in [3.8, 4) is 0 Å². The highest BCUT2D eigenvalue weighted by molar-refractivity contribution is 5.95. The summed E-state index contributed by atoms with van der Waals surface area (Å²) in [6, 6.07) is 7.76. The fourth-order valence-electron chi connectivity index (χ4n) is 2.16. The normalized spacial score (nSPS) is 11.7. The van der Waals surface area contributed by atoms with Crippen LogP contribution in [0.5, 0.6) is 0 Å². The number of hydrogen-bond donors (Lipinski definition) is 2. The third kappa shape index (κ3) is 4.83. The number of carbonyl (C=O) groups is 1. The van der Waals surface area contributed by atoms with E-state index in [9.17, 15) is 4.79 Å². The molecule has 4 nitrogen and oxygen atoms in total. The molecule has 0 heterocycles. The molecular formula is C17H28N2O2. The average molecular weight is 292 g/mol. The Kier molecular flexibility index (Phi) is 6.85. The van der Waals surface area contributed by atoms with Gasteiger partial charge >= 0.3 is 0 Å². The van der Waals surface area contributed by atoms with Gasteiger partial charge in [0.15, 0.2) is 0 Å². The maximum Gasteiger partial charge on any atom is 0.231 e. The summed E-state index contributed by atoms with van der Waals surface area (Å²) in [6.07, 6.45) is 1.70. The highest BCUT2D eigenvalue weighted by Crippen LogP contribution is 2.27. The van der Waals surface area contributed by atoms with E-state index in [0.717, 1.165) is 24.1 Å². The lowest BCUT2D eigenvalue weighted by Crippen LogP contribution is -2.41. The lowest BCUT2D eigenvalue weighted by atomic mass is 9.81. The number of benzene rings is 1. The zero-order chi connectivity index (χ0) is 15.9. The summed E-state index contributed by atoms with van der Waals surface area (Å²) >= 11 is 0. The second-order valence-electron chi connectivity index (χ2n) is 5.70. The Morgan fingerprint density at radius 2 is 1.81 bits per heavy atom. The van der Waals surface area contributed by atoms with E-state index in [1.807, 2.05) is 52.0 Å². The number of rotatable bonds is 8. The molecule has 0 bridgehead atoms. The van der Waals surface area contributed by atoms with Gasteiger partial charge in [0.2, 0.25) is 5.91 Å². The van der Waals surface area contributed by atoms with Gasteiger partial charge in [-0.2, -0.15) is 0 Å². The molecule has 0 saturated carbocycles. The van der Waals surface area contributed by atoms with Gasteiger partial charge in [-0.1, -0.05) is 26.0 Å². The van der Waals surface area contributed by atoms with Crippen LogP contribution in [0, 0.1) is 5.41 Å². The standard InChI is InChI=1S/C17H28N2O2/c1-5-17(6-2,12-18)16(20)19-15-9-7-14(8-10-15)11-21-13(3)4/h7-10,13H,5-6,11-12,18H2,1-4H3,(H,19,20). The molecule has 0 aromatic heterocycles. The van der Waals surface area contributed by atoms with Gasteiger partial charge in [-0.25, -0.2) is 0 Å². The molecule has 0 unspecified atom stereocenters. The van der Waals surface area contributed by atoms with Crippen LogP contribution < -0.4 is 11.1 Å². The molecule has 3 N–H and O–H groups in total. The molecule has 0 spiro atoms. The van der Waals surface area contributed by atoms with Gasteiger partial charge < -0.3 is 15.8 Å². The lowest BCUT2D eigenvalue weighted by molar-refractivity contribution is -0.125. The van der Waals surface area contributed by atoms with E-state index in [1.54, 1.807) is 0 Å². The number of hydrogen-bond acceptors (Lipinski definition) is 3. The zero-order valence-corrected chi connectivity index (χ0v) is 13.6. The van der Waals surface area contributed by atoms with Crippen LogP contribution in [-0.2, 0) is 16.1 Å². The van der Waals surface area contributed by atoms with Crippen LogP contribution in [0.15, 0.2) is 24.3 Å². The Balaban J connectivity index is 2.69. The second-order valence-corrected chi connectivity index (χ2v) is 5.70. The first-order valence-electron chi connectivity index (χ1n) is 7.69. The van der Waals surface area contributed by atoms with Crippen molar-refractivity contribution < 1.29 is 9.53 Å². The van der Waals surface area contributed by atoms with Crippen LogP contribution in [0.1, 0.15) is 46.1 Å². The fourth-order valence-corrected chi connectivity index (χ4v) is 2.16. The Morgan fingerprint density at radius 3 is 2.24 bits per heavy atom. The third-order valence-corrected chi connectivity index (χ3v) is 4.02. The van der Waals surface area contributed by atoms with Crippen LogP contribution in [0.3, 0.4) is 0 Å². The zero-order valence-electron chi connectivity index (χ0n) is 13.6. The molecule has 0 aliphatic rings. The summed E-state index contributed by atoms with van der Waals surface area (Å²) in [5.74, 6) is 0.00109. The predicted octanol–water partition coefficient (Wildman–Crippen LogP) is 3.32. The first kappa shape index (κ1) is 17.7. The molecule has 1 aromatic carbocycles. The minimum absolute atomic E-state index is 0.00109. The van der Waals surface area contributed by atoms with Gasteiger partial charge in [0.1, 0.15) is 0 Å². The summed E-state index contributed by atoms with van der Waals surface area (Å²) in [5, 5.41) is 2.97. The van der Waals surface area contributed by atoms with E-state index in [2.05, 4.69) is 5.32 Å². The van der Waals surface area contributed by atoms with E-state index >= 15 is 0 Å². The van der Waals surface area contributed by atoms with E-state index in [0.29, 0.717) is 13.2 Å². The molecule has 1 amide bonds. The van der Waals surface area contributed by atoms with E-state index in [-0.39, 0.29) is 12.0 Å². The quantitative estimate of drug-likeness (QED) is 0.772. The summed E-state index contributed by atoms with van der Waals surface area (Å²) < 4.78 is 5.55. The average Bonchev–Trinajstić information content (AvgIpc) is 2.49. The molecule has 1 rings (SSSR count). The first-order valence-corrected chi connectivity index (χ1v) is 7.69. The highest BCUT2D eigenvalue weighted by Gasteiger charge is 2.33. The molecule has 0 saturated heterocycles. The summed E-state index contributed by atoms with van der Waals surface area (Å²) in [7, 11) is 0. The molecule has 0 aliphatic heterocycles. The summed E-state index contributed by atoms with van der Waals surface area (Å²) in [5.41, 5.74) is 7.22. The fraction of sp³-hybridized carbons (Fsp3) is 0.588. The van der Waals surface area contributed by atoms with E-state index in [4.69, 9.17) is 10.5 Å². The number of carbonyl (C=O) groups excluding carboxylic acids is 1. The number of anilines is 1. The van der Waals surface area contributed by atoms with Gasteiger partial charge in [0.25, 0.3) is 0 Å². The minimum Gasteiger partial charge on any atom is -0.374 e. The van der Waals surface area contributed by atoms with Crippen molar-refractivity contribution in [2.24, 2.45) is 11.1 Å². The van der Waals surface area contributed by atoms with E-state index in [1.165, 1.54) is 0 Å². The molecule has 0 radical (unpaired) electrons. The van der Waals surface area contributed by atoms with Gasteiger partial charge in [-0.15, -0.1) is 0 Å². The van der Waals surface area contributed by atoms with Crippen LogP contribution in [0.4, 0.5) is 5.69 Å². The van der Waals surface area contributed by atoms with Crippen molar-refractivity contribution >= 4 is 11.6 Å². The van der Waals surface area contributed by atoms with Crippen LogP contribution in [0.2, 0.25) is 0 Å². The van der Waals surface area contributed by atoms with Gasteiger partial charge in [-0.05, 0) is 44.4 Å². The number of nitrogens with one attached hydrogen (secondary N) is 1. The Morgan fingerprint density at radius 1 is 1.24 bits per heavy atom. The van der Waals surface area contributed by atoms with Crippen molar-refractivity contribution in [3.05, 3.63) is 29.8 Å². The minimum atomic E-state index is -0.473. The third-order valence-electron chi connectivity index (χ3n) is 4.02. The molecule has 21 heavy (non-hydrogen) atoms. The molecule has 1 aromatic rings. The van der Waals surface area contributed by atoms with Gasteiger partial charge in [-0.3, -0.25) is 4.79 Å². The number of nitrogens with two attached hydrogens (primary N) is 1. The Bertz CT molecular complexity index is 428. The van der Waals surface area contributed by atoms with Gasteiger partial charge in [0.05, 0.1) is 18.1 Å². The number of ether oxygens (including phenoxy) is 1. The molecular weight excluding hydrogens is 264 g/mol. The Hall–Kier alpha value is -1.39. The van der Waals surface area contributed by atoms with E-state index < -0.39 is 5.41 Å². The SMILES string of the molecule is CCC(CC)(CN)C(=O)Nc1ccc(COC(C)C)cc1. The van der Waals surface area contributed by atoms with Crippen molar-refractivity contribution in [2.45, 2.75) is 53.2 Å². The predicted molar refractivity (Wildman–Crippen MR) is 87.1 cm³/mol. The molecule has 118 valence electrons. The van der Waals surface area contributed by atoms with Crippen molar-refractivity contribution in [3.63, 3.8) is 0 Å². The van der Waals surface area contributed by atoms with Crippen LogP contribution in [-0.4, -0.2) is 18.6 Å². The van der Waals surface area contributed by atoms with Crippen LogP contribution in [0.25, 0.3) is 0 Å². The molecule has 0 atom stereocenters.